The van der Waals surface area contributed by atoms with Crippen LogP contribution in [-0.2, 0) is 17.9 Å². The molecule has 2 aliphatic rings. The number of benzene rings is 1. The summed E-state index contributed by atoms with van der Waals surface area (Å²) in [6.07, 6.45) is 1.87. The molecule has 1 saturated heterocycles. The van der Waals surface area contributed by atoms with Crippen LogP contribution in [0.5, 0.6) is 0 Å². The summed E-state index contributed by atoms with van der Waals surface area (Å²) in [7, 11) is 0. The maximum absolute atomic E-state index is 15.6. The zero-order valence-electron chi connectivity index (χ0n) is 23.6. The molecule has 3 aromatic rings. The van der Waals surface area contributed by atoms with Gasteiger partial charge in [0, 0.05) is 54.2 Å². The third kappa shape index (κ3) is 5.81. The quantitative estimate of drug-likeness (QED) is 0.132. The number of nitrogens with one attached hydrogen (secondary N) is 1. The molecular formula is C29H31F2N9O3. The van der Waals surface area contributed by atoms with E-state index in [1.165, 1.54) is 23.0 Å². The number of carboxylic acid groups (broad SMARTS) is 1. The fraction of sp³-hybridized carbons (Fsp3) is 0.483. The molecular weight excluding hydrogens is 560 g/mol. The van der Waals surface area contributed by atoms with Crippen LogP contribution in [0.25, 0.3) is 21.5 Å². The number of aryl methyl sites for hydroxylation is 1. The van der Waals surface area contributed by atoms with Crippen molar-refractivity contribution in [2.75, 3.05) is 25.0 Å². The Bertz CT molecular complexity index is 1680. The number of halogens is 2. The molecule has 1 atom stereocenters. The Morgan fingerprint density at radius 3 is 2.72 bits per heavy atom. The Morgan fingerprint density at radius 2 is 2.07 bits per heavy atom. The number of aromatic nitrogens is 3. The average Bonchev–Trinajstić information content (AvgIpc) is 3.81. The first kappa shape index (κ1) is 29.7. The first-order chi connectivity index (χ1) is 20.6. The zero-order valence-corrected chi connectivity index (χ0v) is 23.6. The lowest BCUT2D eigenvalue weighted by Crippen LogP contribution is -2.41. The minimum atomic E-state index is -3.14. The molecule has 0 spiro atoms. The van der Waals surface area contributed by atoms with E-state index in [9.17, 15) is 14.9 Å². The van der Waals surface area contributed by atoms with Gasteiger partial charge in [-0.05, 0) is 62.3 Å². The number of hydrogen-bond acceptors (Lipinski definition) is 7. The SMILES string of the molecule is CC(Nc1ncnc2c1cc(C1(C#N)CC1)c(=O)n2CCCN=[N+]=[N-])c1cccc(C(F)(F)C2CCN(C(=O)O)CC2)c1. The Morgan fingerprint density at radius 1 is 1.33 bits per heavy atom. The van der Waals surface area contributed by atoms with Crippen molar-refractivity contribution >= 4 is 22.9 Å². The molecule has 1 saturated carbocycles. The lowest BCUT2D eigenvalue weighted by Gasteiger charge is -2.35. The zero-order chi connectivity index (χ0) is 30.8. The van der Waals surface area contributed by atoms with E-state index in [0.717, 1.165) is 4.90 Å². The number of likely N-dealkylation sites (tertiary alicyclic amines) is 1. The van der Waals surface area contributed by atoms with Crippen LogP contribution in [0.3, 0.4) is 0 Å². The second-order valence-corrected chi connectivity index (χ2v) is 11.1. The van der Waals surface area contributed by atoms with Crippen molar-refractivity contribution in [2.45, 2.75) is 63.0 Å². The molecule has 0 bridgehead atoms. The van der Waals surface area contributed by atoms with Gasteiger partial charge in [-0.2, -0.15) is 5.26 Å². The molecule has 5 rings (SSSR count). The van der Waals surface area contributed by atoms with Crippen LogP contribution in [0.1, 0.15) is 61.8 Å². The Hall–Kier alpha value is -4.76. The number of rotatable bonds is 10. The molecule has 2 aromatic heterocycles. The van der Waals surface area contributed by atoms with E-state index >= 15 is 8.78 Å². The van der Waals surface area contributed by atoms with E-state index in [4.69, 9.17) is 10.6 Å². The van der Waals surface area contributed by atoms with E-state index in [0.29, 0.717) is 47.2 Å². The van der Waals surface area contributed by atoms with E-state index in [-0.39, 0.29) is 50.1 Å². The maximum atomic E-state index is 15.6. The van der Waals surface area contributed by atoms with Gasteiger partial charge < -0.3 is 15.3 Å². The number of anilines is 1. The van der Waals surface area contributed by atoms with Crippen molar-refractivity contribution in [1.82, 2.24) is 19.4 Å². The summed E-state index contributed by atoms with van der Waals surface area (Å²) in [6, 6.07) is 9.61. The fourth-order valence-electron chi connectivity index (χ4n) is 5.73. The number of piperidine rings is 1. The number of fused-ring (bicyclic) bond motifs is 1. The molecule has 2 N–H and O–H groups in total. The van der Waals surface area contributed by atoms with Gasteiger partial charge in [0.2, 0.25) is 0 Å². The third-order valence-electron chi connectivity index (χ3n) is 8.47. The number of carbonyl (C=O) groups is 1. The highest BCUT2D eigenvalue weighted by Gasteiger charge is 2.47. The van der Waals surface area contributed by atoms with Gasteiger partial charge in [0.05, 0.1) is 16.9 Å². The molecule has 1 aliphatic heterocycles. The largest absolute Gasteiger partial charge is 0.465 e. The van der Waals surface area contributed by atoms with Crippen LogP contribution >= 0.6 is 0 Å². The second-order valence-electron chi connectivity index (χ2n) is 11.1. The number of nitrogens with zero attached hydrogens (tertiary/aromatic N) is 8. The number of azide groups is 1. The first-order valence-corrected chi connectivity index (χ1v) is 14.1. The van der Waals surface area contributed by atoms with Gasteiger partial charge in [-0.3, -0.25) is 9.36 Å². The predicted molar refractivity (Wildman–Crippen MR) is 154 cm³/mol. The average molecular weight is 592 g/mol. The van der Waals surface area contributed by atoms with Gasteiger partial charge in [0.25, 0.3) is 11.5 Å². The van der Waals surface area contributed by atoms with Crippen LogP contribution in [0.15, 0.2) is 46.6 Å². The third-order valence-corrected chi connectivity index (χ3v) is 8.47. The summed E-state index contributed by atoms with van der Waals surface area (Å²) in [5, 5.41) is 26.3. The van der Waals surface area contributed by atoms with Crippen molar-refractivity contribution in [3.63, 3.8) is 0 Å². The van der Waals surface area contributed by atoms with Crippen molar-refractivity contribution < 1.29 is 18.7 Å². The molecule has 1 unspecified atom stereocenters. The predicted octanol–water partition coefficient (Wildman–Crippen LogP) is 5.70. The molecule has 2 fully saturated rings. The molecule has 12 nitrogen and oxygen atoms in total. The van der Waals surface area contributed by atoms with Crippen LogP contribution in [0.4, 0.5) is 19.4 Å². The van der Waals surface area contributed by atoms with Gasteiger partial charge in [0.15, 0.2) is 0 Å². The molecule has 0 radical (unpaired) electrons. The Labute approximate surface area is 245 Å². The van der Waals surface area contributed by atoms with Crippen molar-refractivity contribution in [3.8, 4) is 6.07 Å². The molecule has 1 aliphatic carbocycles. The summed E-state index contributed by atoms with van der Waals surface area (Å²) in [5.41, 5.74) is 8.56. The molecule has 14 heteroatoms. The molecule has 224 valence electrons. The highest BCUT2D eigenvalue weighted by Crippen LogP contribution is 2.47. The number of nitriles is 1. The van der Waals surface area contributed by atoms with Crippen LogP contribution in [-0.4, -0.2) is 50.3 Å². The Balaban J connectivity index is 1.45. The molecule has 43 heavy (non-hydrogen) atoms. The minimum Gasteiger partial charge on any atom is -0.465 e. The van der Waals surface area contributed by atoms with Crippen LogP contribution in [0.2, 0.25) is 0 Å². The summed E-state index contributed by atoms with van der Waals surface area (Å²) in [6.45, 7) is 2.35. The maximum Gasteiger partial charge on any atom is 0.407 e. The highest BCUT2D eigenvalue weighted by molar-refractivity contribution is 5.87. The summed E-state index contributed by atoms with van der Waals surface area (Å²) in [5.74, 6) is -3.73. The van der Waals surface area contributed by atoms with E-state index < -0.39 is 29.4 Å². The second kappa shape index (κ2) is 11.9. The lowest BCUT2D eigenvalue weighted by molar-refractivity contribution is -0.0836. The lowest BCUT2D eigenvalue weighted by atomic mass is 9.85. The first-order valence-electron chi connectivity index (χ1n) is 14.1. The van der Waals surface area contributed by atoms with Crippen molar-refractivity contribution in [3.05, 3.63) is 74.1 Å². The van der Waals surface area contributed by atoms with Crippen LogP contribution in [0, 0.1) is 17.2 Å². The van der Waals surface area contributed by atoms with Gasteiger partial charge in [-0.1, -0.05) is 23.3 Å². The molecule has 3 heterocycles. The normalized spacial score (nSPS) is 17.1. The number of amides is 1. The Kier molecular flexibility index (Phi) is 8.19. The van der Waals surface area contributed by atoms with E-state index in [1.54, 1.807) is 18.2 Å². The number of pyridine rings is 1. The number of alkyl halides is 2. The number of hydrogen-bond donors (Lipinski definition) is 2. The van der Waals surface area contributed by atoms with Gasteiger partial charge in [-0.25, -0.2) is 23.5 Å². The highest BCUT2D eigenvalue weighted by atomic mass is 19.3. The van der Waals surface area contributed by atoms with Gasteiger partial charge in [-0.15, -0.1) is 0 Å². The van der Waals surface area contributed by atoms with Crippen molar-refractivity contribution in [1.29, 1.82) is 5.26 Å². The van der Waals surface area contributed by atoms with Gasteiger partial charge >= 0.3 is 6.09 Å². The monoisotopic (exact) mass is 591 g/mol. The topological polar surface area (TPSA) is 173 Å². The smallest absolute Gasteiger partial charge is 0.407 e. The van der Waals surface area contributed by atoms with Crippen molar-refractivity contribution in [2.24, 2.45) is 11.0 Å². The standard InChI is InChI=1S/C29H31F2N9O3/c1-18(19-4-2-5-21(14-19)29(30,31)20-6-12-39(13-7-20)27(42)43)37-24-22-15-23(28(16-32)8-9-28)26(41)40(11-3-10-36-38-33)25(22)35-17-34-24/h2,4-5,14-15,17-18,20H,3,6-13H2,1H3,(H,42,43)(H,34,35,37). The summed E-state index contributed by atoms with van der Waals surface area (Å²) < 4.78 is 32.6. The fourth-order valence-corrected chi connectivity index (χ4v) is 5.73. The van der Waals surface area contributed by atoms with E-state index in [1.807, 2.05) is 6.92 Å². The van der Waals surface area contributed by atoms with E-state index in [2.05, 4.69) is 31.4 Å². The molecule has 1 aromatic carbocycles. The molecule has 1 amide bonds. The summed E-state index contributed by atoms with van der Waals surface area (Å²) in [4.78, 5) is 37.4. The minimum absolute atomic E-state index is 0.0692. The summed E-state index contributed by atoms with van der Waals surface area (Å²) >= 11 is 0. The van der Waals surface area contributed by atoms with Gasteiger partial charge in [0.1, 0.15) is 17.8 Å². The van der Waals surface area contributed by atoms with Crippen LogP contribution < -0.4 is 10.9 Å².